The highest BCUT2D eigenvalue weighted by Crippen LogP contribution is 2.31. The van der Waals surface area contributed by atoms with E-state index in [9.17, 15) is 13.2 Å². The molecule has 3 heterocycles. The zero-order chi connectivity index (χ0) is 18.6. The third-order valence-corrected chi connectivity index (χ3v) is 4.50. The summed E-state index contributed by atoms with van der Waals surface area (Å²) in [5, 5.41) is 15.2. The number of alkyl halides is 3. The molecule has 134 valence electrons. The van der Waals surface area contributed by atoms with Crippen LogP contribution < -0.4 is 5.32 Å². The molecule has 1 aromatic carbocycles. The van der Waals surface area contributed by atoms with E-state index in [1.54, 1.807) is 13.8 Å². The Bertz CT molecular complexity index is 1140. The van der Waals surface area contributed by atoms with Crippen molar-refractivity contribution in [3.8, 4) is 0 Å². The van der Waals surface area contributed by atoms with E-state index < -0.39 is 12.0 Å². The fraction of sp³-hybridized carbons (Fsp3) is 0.235. The number of hydrogen-bond donors (Lipinski definition) is 1. The van der Waals surface area contributed by atoms with Crippen LogP contribution in [0.15, 0.2) is 30.5 Å². The van der Waals surface area contributed by atoms with Crippen LogP contribution in [0.5, 0.6) is 0 Å². The summed E-state index contributed by atoms with van der Waals surface area (Å²) < 4.78 is 42.1. The van der Waals surface area contributed by atoms with Gasteiger partial charge in [0, 0.05) is 35.6 Å². The van der Waals surface area contributed by atoms with Gasteiger partial charge in [-0.2, -0.15) is 17.7 Å². The number of benzene rings is 1. The van der Waals surface area contributed by atoms with Crippen LogP contribution in [0.4, 0.5) is 24.7 Å². The molecule has 0 aliphatic carbocycles. The molecule has 0 aliphatic heterocycles. The normalized spacial score (nSPS) is 12.2. The van der Waals surface area contributed by atoms with Crippen LogP contribution in [-0.2, 0) is 13.2 Å². The molecule has 0 amide bonds. The number of nitrogens with zero attached hydrogens (tertiary/aromatic N) is 5. The number of aromatic nitrogens is 5. The van der Waals surface area contributed by atoms with Gasteiger partial charge in [0.25, 0.3) is 5.82 Å². The minimum Gasteiger partial charge on any atom is -0.350 e. The number of aryl methyl sites for hydroxylation is 2. The second kappa shape index (κ2) is 5.45. The summed E-state index contributed by atoms with van der Waals surface area (Å²) in [7, 11) is 1.93. The molecule has 26 heavy (non-hydrogen) atoms. The van der Waals surface area contributed by atoms with Gasteiger partial charge in [-0.15, -0.1) is 15.3 Å². The standard InChI is InChI=1S/C17H15F3N6/c1-9-10(2)15-22-23-16(17(18,19)20)26(15)24-14(9)21-12-5-4-11-6-7-25(3)13(11)8-12/h4-8H,1-3H3,(H,21,24). The molecule has 0 aliphatic rings. The van der Waals surface area contributed by atoms with Crippen LogP contribution in [0.1, 0.15) is 17.0 Å². The average molecular weight is 360 g/mol. The largest absolute Gasteiger partial charge is 0.453 e. The van der Waals surface area contributed by atoms with Crippen molar-refractivity contribution in [1.29, 1.82) is 0 Å². The minimum atomic E-state index is -4.63. The zero-order valence-electron chi connectivity index (χ0n) is 14.3. The van der Waals surface area contributed by atoms with Crippen molar-refractivity contribution in [2.24, 2.45) is 7.05 Å². The van der Waals surface area contributed by atoms with E-state index >= 15 is 0 Å². The minimum absolute atomic E-state index is 0.0956. The van der Waals surface area contributed by atoms with E-state index in [1.165, 1.54) is 0 Å². The predicted molar refractivity (Wildman–Crippen MR) is 91.5 cm³/mol. The number of hydrogen-bond acceptors (Lipinski definition) is 4. The van der Waals surface area contributed by atoms with Crippen LogP contribution >= 0.6 is 0 Å². The van der Waals surface area contributed by atoms with E-state index in [-0.39, 0.29) is 5.65 Å². The first-order chi connectivity index (χ1) is 12.3. The molecular formula is C17H15F3N6. The van der Waals surface area contributed by atoms with Gasteiger partial charge in [0.15, 0.2) is 11.5 Å². The van der Waals surface area contributed by atoms with Gasteiger partial charge in [0.2, 0.25) is 0 Å². The fourth-order valence-electron chi connectivity index (χ4n) is 2.90. The summed E-state index contributed by atoms with van der Waals surface area (Å²) in [6.07, 6.45) is -2.69. The second-order valence-corrected chi connectivity index (χ2v) is 6.18. The van der Waals surface area contributed by atoms with Crippen molar-refractivity contribution < 1.29 is 13.2 Å². The van der Waals surface area contributed by atoms with Crippen molar-refractivity contribution in [3.63, 3.8) is 0 Å². The van der Waals surface area contributed by atoms with E-state index in [4.69, 9.17) is 0 Å². The molecule has 0 unspecified atom stereocenters. The highest BCUT2D eigenvalue weighted by atomic mass is 19.4. The van der Waals surface area contributed by atoms with Crippen LogP contribution in [0.3, 0.4) is 0 Å². The highest BCUT2D eigenvalue weighted by molar-refractivity contribution is 5.84. The number of fused-ring (bicyclic) bond motifs is 2. The zero-order valence-corrected chi connectivity index (χ0v) is 14.3. The average Bonchev–Trinajstić information content (AvgIpc) is 3.16. The van der Waals surface area contributed by atoms with Gasteiger partial charge >= 0.3 is 6.18 Å². The smallest absolute Gasteiger partial charge is 0.350 e. The Morgan fingerprint density at radius 1 is 1.04 bits per heavy atom. The Hall–Kier alpha value is -3.10. The lowest BCUT2D eigenvalue weighted by Crippen LogP contribution is -2.14. The Labute approximate surface area is 146 Å². The van der Waals surface area contributed by atoms with Crippen LogP contribution in [-0.4, -0.2) is 24.4 Å². The van der Waals surface area contributed by atoms with Crippen LogP contribution in [0.2, 0.25) is 0 Å². The third kappa shape index (κ3) is 2.47. The van der Waals surface area contributed by atoms with Gasteiger partial charge in [-0.25, -0.2) is 0 Å². The fourth-order valence-corrected chi connectivity index (χ4v) is 2.90. The Morgan fingerprint density at radius 3 is 2.54 bits per heavy atom. The molecule has 0 saturated carbocycles. The van der Waals surface area contributed by atoms with E-state index in [1.807, 2.05) is 42.1 Å². The van der Waals surface area contributed by atoms with Crippen molar-refractivity contribution in [2.75, 3.05) is 5.32 Å². The maximum absolute atomic E-state index is 13.1. The molecule has 3 aromatic heterocycles. The molecule has 6 nitrogen and oxygen atoms in total. The van der Waals surface area contributed by atoms with Crippen molar-refractivity contribution in [2.45, 2.75) is 20.0 Å². The molecule has 0 radical (unpaired) electrons. The van der Waals surface area contributed by atoms with Gasteiger partial charge in [-0.05, 0) is 37.4 Å². The maximum Gasteiger partial charge on any atom is 0.453 e. The van der Waals surface area contributed by atoms with Crippen LogP contribution in [0.25, 0.3) is 16.6 Å². The summed E-state index contributed by atoms with van der Waals surface area (Å²) in [6, 6.07) is 7.72. The molecular weight excluding hydrogens is 345 g/mol. The first kappa shape index (κ1) is 16.4. The number of rotatable bonds is 2. The summed E-state index contributed by atoms with van der Waals surface area (Å²) in [5.74, 6) is -0.814. The molecule has 0 atom stereocenters. The predicted octanol–water partition coefficient (Wildman–Crippen LogP) is 4.00. The molecule has 0 saturated heterocycles. The van der Waals surface area contributed by atoms with Gasteiger partial charge in [-0.1, -0.05) is 6.07 Å². The van der Waals surface area contributed by atoms with E-state index in [0.717, 1.165) is 21.1 Å². The van der Waals surface area contributed by atoms with Crippen LogP contribution in [0, 0.1) is 13.8 Å². The van der Waals surface area contributed by atoms with Gasteiger partial charge in [0.1, 0.15) is 0 Å². The van der Waals surface area contributed by atoms with E-state index in [0.29, 0.717) is 16.9 Å². The second-order valence-electron chi connectivity index (χ2n) is 6.18. The lowest BCUT2D eigenvalue weighted by molar-refractivity contribution is -0.146. The maximum atomic E-state index is 13.1. The van der Waals surface area contributed by atoms with Crippen molar-refractivity contribution >= 4 is 28.1 Å². The molecule has 1 N–H and O–H groups in total. The summed E-state index contributed by atoms with van der Waals surface area (Å²) in [6.45, 7) is 3.49. The molecule has 9 heteroatoms. The first-order valence-corrected chi connectivity index (χ1v) is 7.87. The summed E-state index contributed by atoms with van der Waals surface area (Å²) >= 11 is 0. The molecule has 0 fully saturated rings. The molecule has 0 bridgehead atoms. The van der Waals surface area contributed by atoms with Crippen molar-refractivity contribution in [1.82, 2.24) is 24.4 Å². The monoisotopic (exact) mass is 360 g/mol. The van der Waals surface area contributed by atoms with E-state index in [2.05, 4.69) is 20.6 Å². The topological polar surface area (TPSA) is 60.0 Å². The highest BCUT2D eigenvalue weighted by Gasteiger charge is 2.38. The lowest BCUT2D eigenvalue weighted by atomic mass is 10.1. The SMILES string of the molecule is Cc1c(Nc2ccc3ccn(C)c3c2)nn2c(C(F)(F)F)nnc2c1C. The molecule has 4 rings (SSSR count). The summed E-state index contributed by atoms with van der Waals surface area (Å²) in [5.41, 5.74) is 3.13. The summed E-state index contributed by atoms with van der Waals surface area (Å²) in [4.78, 5) is 0. The number of halogens is 3. The number of nitrogens with one attached hydrogen (secondary N) is 1. The lowest BCUT2D eigenvalue weighted by Gasteiger charge is -2.13. The van der Waals surface area contributed by atoms with Gasteiger partial charge in [-0.3, -0.25) is 0 Å². The first-order valence-electron chi connectivity index (χ1n) is 7.87. The van der Waals surface area contributed by atoms with Gasteiger partial charge < -0.3 is 9.88 Å². The molecule has 4 aromatic rings. The number of anilines is 2. The third-order valence-electron chi connectivity index (χ3n) is 4.50. The van der Waals surface area contributed by atoms with Gasteiger partial charge in [0.05, 0.1) is 0 Å². The Morgan fingerprint density at radius 2 is 1.81 bits per heavy atom. The molecule has 0 spiro atoms. The Balaban J connectivity index is 1.84. The Kier molecular flexibility index (Phi) is 3.43. The van der Waals surface area contributed by atoms with Crippen molar-refractivity contribution in [3.05, 3.63) is 47.4 Å². The quantitative estimate of drug-likeness (QED) is 0.587.